The normalized spacial score (nSPS) is 8.00. The van der Waals surface area contributed by atoms with Gasteiger partial charge in [0.1, 0.15) is 0 Å². The van der Waals surface area contributed by atoms with Crippen molar-refractivity contribution in [2.75, 3.05) is 0 Å². The minimum Gasteiger partial charge on any atom is -0.788 e. The van der Waals surface area contributed by atoms with Crippen LogP contribution in [0.2, 0.25) is 0 Å². The molecule has 0 aromatic rings. The van der Waals surface area contributed by atoms with Gasteiger partial charge in [0.05, 0.1) is 0 Å². The van der Waals surface area contributed by atoms with E-state index in [1.54, 1.807) is 19.3 Å². The fourth-order valence-corrected chi connectivity index (χ4v) is 0. The van der Waals surface area contributed by atoms with E-state index in [1.165, 1.54) is 0 Å². The van der Waals surface area contributed by atoms with Gasteiger partial charge in [-0.3, -0.25) is 0 Å². The molecule has 0 amide bonds. The smallest absolute Gasteiger partial charge is 0.788 e. The summed E-state index contributed by atoms with van der Waals surface area (Å²) in [5.41, 5.74) is 1.78. The molecule has 0 saturated heterocycles. The second-order valence-corrected chi connectivity index (χ2v) is 1.27. The number of hydroxylamine groups is 1. The molecule has 0 rings (SSSR count). The van der Waals surface area contributed by atoms with Crippen LogP contribution in [-0.2, 0) is 0 Å². The Bertz CT molecular complexity index is 24.8. The molecule has 0 aliphatic carbocycles. The zero-order chi connectivity index (χ0) is 4.28. The minimum absolute atomic E-state index is 0. The van der Waals surface area contributed by atoms with Gasteiger partial charge in [-0.05, 0) is 6.04 Å². The molecule has 0 atom stereocenters. The molecule has 0 heterocycles. The summed E-state index contributed by atoms with van der Waals surface area (Å²) in [4.78, 5) is 0. The first-order valence-electron chi connectivity index (χ1n) is 1.65. The van der Waals surface area contributed by atoms with E-state index >= 15 is 0 Å². The SMILES string of the molecule is CC(C)N[O-].[Na+]. The Morgan fingerprint density at radius 1 is 1.50 bits per heavy atom. The zero-order valence-electron chi connectivity index (χ0n) is 4.49. The van der Waals surface area contributed by atoms with E-state index in [4.69, 9.17) is 0 Å². The van der Waals surface area contributed by atoms with Gasteiger partial charge in [0.25, 0.3) is 0 Å². The molecule has 1 N–H and O–H groups in total. The second kappa shape index (κ2) is 5.92. The molecule has 0 aliphatic rings. The maximum Gasteiger partial charge on any atom is 1.00 e. The van der Waals surface area contributed by atoms with Gasteiger partial charge in [-0.15, -0.1) is 0 Å². The third-order valence-electron chi connectivity index (χ3n) is 0.236. The average molecular weight is 97.1 g/mol. The number of hydrogen-bond acceptors (Lipinski definition) is 2. The van der Waals surface area contributed by atoms with Gasteiger partial charge in [-0.2, -0.15) is 0 Å². The molecule has 2 nitrogen and oxygen atoms in total. The molecule has 3 heteroatoms. The maximum absolute atomic E-state index is 9.38. The average Bonchev–Trinajstić information content (AvgIpc) is 1.38. The van der Waals surface area contributed by atoms with Crippen LogP contribution < -0.4 is 35.0 Å². The van der Waals surface area contributed by atoms with Gasteiger partial charge in [0, 0.05) is 0 Å². The van der Waals surface area contributed by atoms with Gasteiger partial charge in [-0.25, -0.2) is 0 Å². The Hall–Kier alpha value is 0.920. The molecule has 0 radical (unpaired) electrons. The van der Waals surface area contributed by atoms with Crippen LogP contribution in [0.4, 0.5) is 0 Å². The van der Waals surface area contributed by atoms with Gasteiger partial charge in [-0.1, -0.05) is 13.8 Å². The van der Waals surface area contributed by atoms with Crippen LogP contribution in [0.25, 0.3) is 0 Å². The van der Waals surface area contributed by atoms with Gasteiger partial charge in [0.2, 0.25) is 0 Å². The van der Waals surface area contributed by atoms with E-state index in [9.17, 15) is 5.21 Å². The summed E-state index contributed by atoms with van der Waals surface area (Å²) in [5.74, 6) is 0. The van der Waals surface area contributed by atoms with E-state index < -0.39 is 0 Å². The fraction of sp³-hybridized carbons (Fsp3) is 1.00. The van der Waals surface area contributed by atoms with Crippen molar-refractivity contribution in [1.82, 2.24) is 5.48 Å². The molecule has 0 aliphatic heterocycles. The third kappa shape index (κ3) is 8.87. The summed E-state index contributed by atoms with van der Waals surface area (Å²) in [6.45, 7) is 3.60. The Balaban J connectivity index is 0. The van der Waals surface area contributed by atoms with E-state index in [-0.39, 0.29) is 35.6 Å². The van der Waals surface area contributed by atoms with Crippen molar-refractivity contribution >= 4 is 0 Å². The van der Waals surface area contributed by atoms with E-state index in [1.807, 2.05) is 0 Å². The van der Waals surface area contributed by atoms with Crippen LogP contribution in [0.5, 0.6) is 0 Å². The summed E-state index contributed by atoms with van der Waals surface area (Å²) in [5, 5.41) is 9.38. The van der Waals surface area contributed by atoms with Crippen molar-refractivity contribution in [1.29, 1.82) is 0 Å². The van der Waals surface area contributed by atoms with E-state index in [2.05, 4.69) is 0 Å². The summed E-state index contributed by atoms with van der Waals surface area (Å²) < 4.78 is 0. The topological polar surface area (TPSA) is 35.1 Å². The molecular formula is C3H8NNaO. The van der Waals surface area contributed by atoms with Crippen molar-refractivity contribution < 1.29 is 29.6 Å². The van der Waals surface area contributed by atoms with Crippen LogP contribution >= 0.6 is 0 Å². The molecule has 0 aromatic heterocycles. The molecule has 0 bridgehead atoms. The van der Waals surface area contributed by atoms with Gasteiger partial charge in [0.15, 0.2) is 0 Å². The van der Waals surface area contributed by atoms with Crippen molar-refractivity contribution in [2.45, 2.75) is 19.9 Å². The number of nitrogens with one attached hydrogen (secondary N) is 1. The van der Waals surface area contributed by atoms with Crippen LogP contribution in [0.1, 0.15) is 13.8 Å². The van der Waals surface area contributed by atoms with Gasteiger partial charge >= 0.3 is 29.6 Å². The molecular weight excluding hydrogens is 89.0 g/mol. The molecule has 32 valence electrons. The predicted octanol–water partition coefficient (Wildman–Crippen LogP) is -2.51. The van der Waals surface area contributed by atoms with Gasteiger partial charge < -0.3 is 10.7 Å². The third-order valence-corrected chi connectivity index (χ3v) is 0.236. The Labute approximate surface area is 60.2 Å². The van der Waals surface area contributed by atoms with Crippen molar-refractivity contribution in [3.8, 4) is 0 Å². The molecule has 0 aromatic carbocycles. The van der Waals surface area contributed by atoms with Crippen LogP contribution in [0.3, 0.4) is 0 Å². The molecule has 0 fully saturated rings. The minimum atomic E-state index is 0. The van der Waals surface area contributed by atoms with Crippen molar-refractivity contribution in [3.05, 3.63) is 5.21 Å². The monoisotopic (exact) mass is 97.1 g/mol. The molecule has 6 heavy (non-hydrogen) atoms. The molecule has 0 saturated carbocycles. The molecule has 0 unspecified atom stereocenters. The maximum atomic E-state index is 9.38. The van der Waals surface area contributed by atoms with E-state index in [0.717, 1.165) is 0 Å². The van der Waals surface area contributed by atoms with E-state index in [0.29, 0.717) is 0 Å². The van der Waals surface area contributed by atoms with Crippen LogP contribution in [-0.4, -0.2) is 6.04 Å². The summed E-state index contributed by atoms with van der Waals surface area (Å²) >= 11 is 0. The summed E-state index contributed by atoms with van der Waals surface area (Å²) in [7, 11) is 0. The standard InChI is InChI=1S/C3H8NO.Na/c1-3(2)4-5;/h3-4H,1-2H3;/q-1;+1. The Kier molecular flexibility index (Phi) is 9.89. The Morgan fingerprint density at radius 3 is 1.67 bits per heavy atom. The van der Waals surface area contributed by atoms with Crippen molar-refractivity contribution in [2.24, 2.45) is 0 Å². The fourth-order valence-electron chi connectivity index (χ4n) is 0. The first-order valence-corrected chi connectivity index (χ1v) is 1.65. The number of rotatable bonds is 1. The predicted molar refractivity (Wildman–Crippen MR) is 21.6 cm³/mol. The number of hydrogen-bond donors (Lipinski definition) is 1. The summed E-state index contributed by atoms with van der Waals surface area (Å²) in [6.07, 6.45) is 0. The Morgan fingerprint density at radius 2 is 1.67 bits per heavy atom. The van der Waals surface area contributed by atoms with Crippen molar-refractivity contribution in [3.63, 3.8) is 0 Å². The van der Waals surface area contributed by atoms with Crippen LogP contribution in [0.15, 0.2) is 0 Å². The summed E-state index contributed by atoms with van der Waals surface area (Å²) in [6, 6.07) is 0.0787. The largest absolute Gasteiger partial charge is 1.00 e. The van der Waals surface area contributed by atoms with Crippen LogP contribution in [0, 0.1) is 5.21 Å². The zero-order valence-corrected chi connectivity index (χ0v) is 6.49. The first kappa shape index (κ1) is 10.0. The first-order chi connectivity index (χ1) is 2.27. The second-order valence-electron chi connectivity index (χ2n) is 1.27. The quantitative estimate of drug-likeness (QED) is 0.289. The molecule has 0 spiro atoms.